The molecule has 0 amide bonds. The minimum atomic E-state index is -0.952. The Bertz CT molecular complexity index is 722. The summed E-state index contributed by atoms with van der Waals surface area (Å²) in [5, 5.41) is 9.23. The van der Waals surface area contributed by atoms with Gasteiger partial charge in [-0.25, -0.2) is 4.79 Å². The molecule has 0 aliphatic carbocycles. The van der Waals surface area contributed by atoms with Crippen molar-refractivity contribution in [2.75, 3.05) is 13.1 Å². The molecule has 2 heterocycles. The maximum atomic E-state index is 12.5. The molecular weight excluding hydrogens is 304 g/mol. The van der Waals surface area contributed by atoms with Gasteiger partial charge >= 0.3 is 5.97 Å². The summed E-state index contributed by atoms with van der Waals surface area (Å²) in [5.41, 5.74) is 1.60. The third-order valence-electron chi connectivity index (χ3n) is 4.51. The van der Waals surface area contributed by atoms with E-state index in [-0.39, 0.29) is 17.3 Å². The van der Waals surface area contributed by atoms with E-state index in [0.717, 1.165) is 31.5 Å². The van der Waals surface area contributed by atoms with Gasteiger partial charge in [-0.05, 0) is 38.1 Å². The largest absolute Gasteiger partial charge is 0.478 e. The first-order valence-corrected chi connectivity index (χ1v) is 8.14. The number of likely N-dealkylation sites (tertiary alicyclic amines) is 1. The van der Waals surface area contributed by atoms with Crippen LogP contribution in [0.25, 0.3) is 0 Å². The van der Waals surface area contributed by atoms with Gasteiger partial charge in [0.05, 0.1) is 11.3 Å². The number of hydrogen-bond donors (Lipinski definition) is 1. The molecule has 1 aliphatic heterocycles. The van der Waals surface area contributed by atoms with Crippen molar-refractivity contribution in [2.45, 2.75) is 19.4 Å². The molecule has 0 saturated carbocycles. The molecule has 1 fully saturated rings. The number of carbonyl (C=O) groups is 2. The van der Waals surface area contributed by atoms with Crippen LogP contribution in [0.5, 0.6) is 0 Å². The lowest BCUT2D eigenvalue weighted by molar-refractivity contribution is 0.0693. The summed E-state index contributed by atoms with van der Waals surface area (Å²) in [4.78, 5) is 30.1. The van der Waals surface area contributed by atoms with Crippen molar-refractivity contribution in [1.82, 2.24) is 9.88 Å². The Balaban J connectivity index is 1.60. The minimum Gasteiger partial charge on any atom is -0.478 e. The molecule has 0 spiro atoms. The highest BCUT2D eigenvalue weighted by molar-refractivity contribution is 5.97. The van der Waals surface area contributed by atoms with Gasteiger partial charge in [0.15, 0.2) is 5.78 Å². The summed E-state index contributed by atoms with van der Waals surface area (Å²) >= 11 is 0. The van der Waals surface area contributed by atoms with Gasteiger partial charge in [0.2, 0.25) is 0 Å². The lowest BCUT2D eigenvalue weighted by Gasteiger charge is -2.31. The standard InChI is InChI=1S/C19H20N2O3/c22-18(14-5-2-1-3-6-14)15-8-11-21(12-9-15)13-17-16(19(23)24)7-4-10-20-17/h1-7,10,15H,8-9,11-13H2,(H,23,24). The molecule has 1 N–H and O–H groups in total. The fraction of sp³-hybridized carbons (Fsp3) is 0.316. The summed E-state index contributed by atoms with van der Waals surface area (Å²) in [6, 6.07) is 12.6. The van der Waals surface area contributed by atoms with Crippen LogP contribution in [0.15, 0.2) is 48.7 Å². The second-order valence-electron chi connectivity index (χ2n) is 6.08. The monoisotopic (exact) mass is 324 g/mol. The lowest BCUT2D eigenvalue weighted by atomic mass is 9.89. The van der Waals surface area contributed by atoms with Gasteiger partial charge in [-0.15, -0.1) is 0 Å². The SMILES string of the molecule is O=C(O)c1cccnc1CN1CCC(C(=O)c2ccccc2)CC1. The lowest BCUT2D eigenvalue weighted by Crippen LogP contribution is -2.36. The number of rotatable bonds is 5. The summed E-state index contributed by atoms with van der Waals surface area (Å²) in [6.07, 6.45) is 3.21. The molecule has 0 bridgehead atoms. The number of carboxylic acids is 1. The van der Waals surface area contributed by atoms with Gasteiger partial charge in [-0.3, -0.25) is 14.7 Å². The van der Waals surface area contributed by atoms with Gasteiger partial charge in [-0.2, -0.15) is 0 Å². The van der Waals surface area contributed by atoms with Crippen molar-refractivity contribution in [3.8, 4) is 0 Å². The first-order valence-electron chi connectivity index (χ1n) is 8.14. The molecule has 5 heteroatoms. The highest BCUT2D eigenvalue weighted by Gasteiger charge is 2.26. The molecule has 3 rings (SSSR count). The van der Waals surface area contributed by atoms with Crippen LogP contribution in [0.3, 0.4) is 0 Å². The van der Waals surface area contributed by atoms with Crippen molar-refractivity contribution in [1.29, 1.82) is 0 Å². The number of ketones is 1. The number of carboxylic acid groups (broad SMARTS) is 1. The van der Waals surface area contributed by atoms with E-state index in [0.29, 0.717) is 12.2 Å². The Hall–Kier alpha value is -2.53. The van der Waals surface area contributed by atoms with Crippen molar-refractivity contribution < 1.29 is 14.7 Å². The highest BCUT2D eigenvalue weighted by atomic mass is 16.4. The minimum absolute atomic E-state index is 0.0475. The molecule has 0 atom stereocenters. The molecule has 24 heavy (non-hydrogen) atoms. The second kappa shape index (κ2) is 7.36. The van der Waals surface area contributed by atoms with Gasteiger partial charge < -0.3 is 5.11 Å². The van der Waals surface area contributed by atoms with Crippen LogP contribution in [0.2, 0.25) is 0 Å². The van der Waals surface area contributed by atoms with E-state index in [1.807, 2.05) is 30.3 Å². The fourth-order valence-electron chi connectivity index (χ4n) is 3.16. The quantitative estimate of drug-likeness (QED) is 0.856. The predicted octanol–water partition coefficient (Wildman–Crippen LogP) is 2.87. The zero-order valence-electron chi connectivity index (χ0n) is 13.4. The van der Waals surface area contributed by atoms with Gasteiger partial charge in [0.1, 0.15) is 0 Å². The normalized spacial score (nSPS) is 16.0. The molecule has 0 radical (unpaired) electrons. The van der Waals surface area contributed by atoms with Crippen molar-refractivity contribution >= 4 is 11.8 Å². The Labute approximate surface area is 140 Å². The van der Waals surface area contributed by atoms with Crippen LogP contribution in [-0.2, 0) is 6.54 Å². The molecule has 5 nitrogen and oxygen atoms in total. The number of aromatic nitrogens is 1. The fourth-order valence-corrected chi connectivity index (χ4v) is 3.16. The number of hydrogen-bond acceptors (Lipinski definition) is 4. The van der Waals surface area contributed by atoms with Crippen LogP contribution >= 0.6 is 0 Å². The molecule has 0 unspecified atom stereocenters. The maximum Gasteiger partial charge on any atom is 0.337 e. The summed E-state index contributed by atoms with van der Waals surface area (Å²) in [5.74, 6) is -0.696. The van der Waals surface area contributed by atoms with E-state index < -0.39 is 5.97 Å². The highest BCUT2D eigenvalue weighted by Crippen LogP contribution is 2.23. The first-order chi connectivity index (χ1) is 11.6. The van der Waals surface area contributed by atoms with E-state index in [1.165, 1.54) is 0 Å². The molecule has 1 aliphatic rings. The summed E-state index contributed by atoms with van der Waals surface area (Å²) < 4.78 is 0. The number of nitrogens with zero attached hydrogens (tertiary/aromatic N) is 2. The van der Waals surface area contributed by atoms with E-state index in [4.69, 9.17) is 0 Å². The average molecular weight is 324 g/mol. The topological polar surface area (TPSA) is 70.5 Å². The average Bonchev–Trinajstić information content (AvgIpc) is 2.63. The Morgan fingerprint density at radius 1 is 1.08 bits per heavy atom. The Morgan fingerprint density at radius 3 is 2.46 bits per heavy atom. The molecular formula is C19H20N2O3. The first kappa shape index (κ1) is 16.3. The third kappa shape index (κ3) is 3.68. The summed E-state index contributed by atoms with van der Waals surface area (Å²) in [7, 11) is 0. The smallest absolute Gasteiger partial charge is 0.337 e. The van der Waals surface area contributed by atoms with Crippen molar-refractivity contribution in [2.24, 2.45) is 5.92 Å². The van der Waals surface area contributed by atoms with Crippen LogP contribution in [0.4, 0.5) is 0 Å². The van der Waals surface area contributed by atoms with Gasteiger partial charge in [-0.1, -0.05) is 30.3 Å². The van der Waals surface area contributed by atoms with Gasteiger partial charge in [0, 0.05) is 24.2 Å². The van der Waals surface area contributed by atoms with Crippen LogP contribution in [-0.4, -0.2) is 39.8 Å². The third-order valence-corrected chi connectivity index (χ3v) is 4.51. The summed E-state index contributed by atoms with van der Waals surface area (Å²) in [6.45, 7) is 2.06. The van der Waals surface area contributed by atoms with E-state index in [2.05, 4.69) is 9.88 Å². The molecule has 1 aromatic carbocycles. The van der Waals surface area contributed by atoms with E-state index >= 15 is 0 Å². The number of benzene rings is 1. The molecule has 1 saturated heterocycles. The van der Waals surface area contributed by atoms with Crippen LogP contribution in [0.1, 0.15) is 39.3 Å². The van der Waals surface area contributed by atoms with E-state index in [9.17, 15) is 14.7 Å². The van der Waals surface area contributed by atoms with Gasteiger partial charge in [0.25, 0.3) is 0 Å². The Morgan fingerprint density at radius 2 is 1.79 bits per heavy atom. The number of carbonyl (C=O) groups excluding carboxylic acids is 1. The van der Waals surface area contributed by atoms with Crippen molar-refractivity contribution in [3.05, 3.63) is 65.5 Å². The van der Waals surface area contributed by atoms with Crippen LogP contribution < -0.4 is 0 Å². The number of Topliss-reactive ketones (excluding diaryl/α,β-unsaturated/α-hetero) is 1. The molecule has 1 aromatic heterocycles. The number of pyridine rings is 1. The van der Waals surface area contributed by atoms with Crippen LogP contribution in [0, 0.1) is 5.92 Å². The zero-order chi connectivity index (χ0) is 16.9. The van der Waals surface area contributed by atoms with E-state index in [1.54, 1.807) is 18.3 Å². The Kier molecular flexibility index (Phi) is 5.01. The number of piperidine rings is 1. The maximum absolute atomic E-state index is 12.5. The molecule has 124 valence electrons. The predicted molar refractivity (Wildman–Crippen MR) is 90.0 cm³/mol. The second-order valence-corrected chi connectivity index (χ2v) is 6.08. The number of aromatic carboxylic acids is 1. The zero-order valence-corrected chi connectivity index (χ0v) is 13.4. The van der Waals surface area contributed by atoms with Crippen molar-refractivity contribution in [3.63, 3.8) is 0 Å². The molecule has 2 aromatic rings.